The van der Waals surface area contributed by atoms with Crippen molar-refractivity contribution in [3.63, 3.8) is 0 Å². The van der Waals surface area contributed by atoms with Crippen LogP contribution in [-0.2, 0) is 9.59 Å². The van der Waals surface area contributed by atoms with E-state index in [1.54, 1.807) is 22.9 Å². The van der Waals surface area contributed by atoms with E-state index in [-0.39, 0.29) is 18.2 Å². The third-order valence-corrected chi connectivity index (χ3v) is 4.00. The largest absolute Gasteiger partial charge is 0.274 e. The first-order chi connectivity index (χ1) is 10.4. The van der Waals surface area contributed by atoms with Crippen molar-refractivity contribution in [1.29, 1.82) is 0 Å². The second kappa shape index (κ2) is 5.41. The third kappa shape index (κ3) is 2.51. The normalized spacial score (nSPS) is 18.4. The number of amides is 2. The topological polar surface area (TPSA) is 55.2 Å². The van der Waals surface area contributed by atoms with Gasteiger partial charge in [-0.2, -0.15) is 5.10 Å². The molecule has 0 unspecified atom stereocenters. The number of aryl methyl sites for hydroxylation is 2. The summed E-state index contributed by atoms with van der Waals surface area (Å²) in [7, 11) is 0. The Morgan fingerprint density at radius 1 is 1.09 bits per heavy atom. The van der Waals surface area contributed by atoms with Crippen LogP contribution in [0.2, 0.25) is 10.0 Å². The van der Waals surface area contributed by atoms with Gasteiger partial charge in [-0.15, -0.1) is 0 Å². The van der Waals surface area contributed by atoms with Crippen molar-refractivity contribution in [2.24, 2.45) is 0 Å². The minimum absolute atomic E-state index is 0.0743. The van der Waals surface area contributed by atoms with E-state index in [9.17, 15) is 9.59 Å². The molecule has 1 aliphatic rings. The number of hydrogen-bond acceptors (Lipinski definition) is 3. The molecule has 0 bridgehead atoms. The van der Waals surface area contributed by atoms with E-state index in [2.05, 4.69) is 5.10 Å². The van der Waals surface area contributed by atoms with Crippen molar-refractivity contribution in [1.82, 2.24) is 9.78 Å². The van der Waals surface area contributed by atoms with Gasteiger partial charge in [0, 0.05) is 15.7 Å². The number of aromatic nitrogens is 2. The van der Waals surface area contributed by atoms with E-state index >= 15 is 0 Å². The molecule has 0 aliphatic carbocycles. The highest BCUT2D eigenvalue weighted by atomic mass is 35.5. The van der Waals surface area contributed by atoms with Crippen LogP contribution >= 0.6 is 23.2 Å². The number of hydrogen-bond donors (Lipinski definition) is 0. The standard InChI is InChI=1S/C15H13Cl2N3O2/c1-8-3-9(2)20(18-8)13-7-14(21)19(15(13)22)12-5-10(16)4-11(17)6-12/h3-6,13H,7H2,1-2H3/t13-/m0/s1. The maximum Gasteiger partial charge on any atom is 0.259 e. The second-order valence-electron chi connectivity index (χ2n) is 5.29. The van der Waals surface area contributed by atoms with Crippen LogP contribution in [0.1, 0.15) is 23.9 Å². The first kappa shape index (κ1) is 15.1. The molecular formula is C15H13Cl2N3O2. The van der Waals surface area contributed by atoms with E-state index in [4.69, 9.17) is 23.2 Å². The van der Waals surface area contributed by atoms with Crippen LogP contribution in [0.5, 0.6) is 0 Å². The molecule has 1 saturated heterocycles. The summed E-state index contributed by atoms with van der Waals surface area (Å²) in [6.45, 7) is 3.70. The minimum Gasteiger partial charge on any atom is -0.274 e. The van der Waals surface area contributed by atoms with Crippen molar-refractivity contribution < 1.29 is 9.59 Å². The Balaban J connectivity index is 2.00. The monoisotopic (exact) mass is 337 g/mol. The SMILES string of the molecule is Cc1cc(C)n([C@H]2CC(=O)N(c3cc(Cl)cc(Cl)c3)C2=O)n1. The molecular weight excluding hydrogens is 325 g/mol. The molecule has 0 saturated carbocycles. The Kier molecular flexibility index (Phi) is 3.70. The number of imide groups is 1. The lowest BCUT2D eigenvalue weighted by Gasteiger charge is -2.16. The molecule has 5 nitrogen and oxygen atoms in total. The number of nitrogens with zero attached hydrogens (tertiary/aromatic N) is 3. The number of rotatable bonds is 2. The first-order valence-electron chi connectivity index (χ1n) is 6.72. The smallest absolute Gasteiger partial charge is 0.259 e. The molecule has 0 N–H and O–H groups in total. The fourth-order valence-electron chi connectivity index (χ4n) is 2.71. The van der Waals surface area contributed by atoms with Crippen molar-refractivity contribution >= 4 is 40.7 Å². The molecule has 2 amide bonds. The Morgan fingerprint density at radius 3 is 2.27 bits per heavy atom. The Labute approximate surface area is 137 Å². The number of benzene rings is 1. The first-order valence-corrected chi connectivity index (χ1v) is 7.48. The molecule has 7 heteroatoms. The van der Waals surface area contributed by atoms with Crippen LogP contribution in [-0.4, -0.2) is 21.6 Å². The van der Waals surface area contributed by atoms with Crippen LogP contribution in [0.25, 0.3) is 0 Å². The number of halogens is 2. The lowest BCUT2D eigenvalue weighted by atomic mass is 10.2. The Hall–Kier alpha value is -1.85. The number of carbonyl (C=O) groups is 2. The van der Waals surface area contributed by atoms with E-state index in [1.807, 2.05) is 19.9 Å². The molecule has 114 valence electrons. The maximum atomic E-state index is 12.7. The van der Waals surface area contributed by atoms with Gasteiger partial charge < -0.3 is 0 Å². The molecule has 2 heterocycles. The van der Waals surface area contributed by atoms with Gasteiger partial charge in [0.2, 0.25) is 5.91 Å². The van der Waals surface area contributed by atoms with Crippen LogP contribution in [0, 0.1) is 13.8 Å². The molecule has 3 rings (SSSR count). The van der Waals surface area contributed by atoms with E-state index in [0.29, 0.717) is 15.7 Å². The van der Waals surface area contributed by atoms with Gasteiger partial charge in [0.05, 0.1) is 17.8 Å². The fourth-order valence-corrected chi connectivity index (χ4v) is 3.22. The van der Waals surface area contributed by atoms with E-state index in [1.165, 1.54) is 0 Å². The van der Waals surface area contributed by atoms with Crippen molar-refractivity contribution in [3.8, 4) is 0 Å². The predicted molar refractivity (Wildman–Crippen MR) is 84.3 cm³/mol. The molecule has 22 heavy (non-hydrogen) atoms. The molecule has 2 aromatic rings. The zero-order chi connectivity index (χ0) is 16.0. The fraction of sp³-hybridized carbons (Fsp3) is 0.267. The molecule has 1 aromatic heterocycles. The molecule has 1 atom stereocenters. The van der Waals surface area contributed by atoms with E-state index in [0.717, 1.165) is 16.3 Å². The van der Waals surface area contributed by atoms with Gasteiger partial charge in [-0.1, -0.05) is 23.2 Å². The van der Waals surface area contributed by atoms with Gasteiger partial charge in [-0.3, -0.25) is 14.3 Å². The lowest BCUT2D eigenvalue weighted by Crippen LogP contribution is -2.31. The van der Waals surface area contributed by atoms with E-state index < -0.39 is 6.04 Å². The zero-order valence-corrected chi connectivity index (χ0v) is 13.5. The summed E-state index contributed by atoms with van der Waals surface area (Å²) in [6, 6.07) is 5.89. The predicted octanol–water partition coefficient (Wildman–Crippen LogP) is 3.31. The molecule has 1 aromatic carbocycles. The second-order valence-corrected chi connectivity index (χ2v) is 6.16. The third-order valence-electron chi connectivity index (χ3n) is 3.57. The van der Waals surface area contributed by atoms with Crippen LogP contribution in [0.3, 0.4) is 0 Å². The zero-order valence-electron chi connectivity index (χ0n) is 12.0. The molecule has 1 aliphatic heterocycles. The van der Waals surface area contributed by atoms with Gasteiger partial charge in [0.25, 0.3) is 5.91 Å². The molecule has 0 radical (unpaired) electrons. The van der Waals surface area contributed by atoms with Crippen LogP contribution in [0.4, 0.5) is 5.69 Å². The van der Waals surface area contributed by atoms with Gasteiger partial charge in [-0.25, -0.2) is 4.90 Å². The van der Waals surface area contributed by atoms with Crippen molar-refractivity contribution in [2.75, 3.05) is 4.90 Å². The summed E-state index contributed by atoms with van der Waals surface area (Å²) in [6.07, 6.45) is 0.0743. The van der Waals surface area contributed by atoms with Gasteiger partial charge in [0.1, 0.15) is 6.04 Å². The highest BCUT2D eigenvalue weighted by Crippen LogP contribution is 2.33. The van der Waals surface area contributed by atoms with Gasteiger partial charge >= 0.3 is 0 Å². The quantitative estimate of drug-likeness (QED) is 0.790. The Morgan fingerprint density at radius 2 is 1.73 bits per heavy atom. The number of anilines is 1. The summed E-state index contributed by atoms with van der Waals surface area (Å²) in [5.74, 6) is -0.615. The van der Waals surface area contributed by atoms with Crippen LogP contribution in [0.15, 0.2) is 24.3 Å². The number of carbonyl (C=O) groups excluding carboxylic acids is 2. The highest BCUT2D eigenvalue weighted by Gasteiger charge is 2.41. The highest BCUT2D eigenvalue weighted by molar-refractivity contribution is 6.35. The Bertz CT molecular complexity index is 765. The molecule has 0 spiro atoms. The van der Waals surface area contributed by atoms with Gasteiger partial charge in [0.15, 0.2) is 0 Å². The summed E-state index contributed by atoms with van der Waals surface area (Å²) >= 11 is 11.9. The average molecular weight is 338 g/mol. The summed E-state index contributed by atoms with van der Waals surface area (Å²) in [4.78, 5) is 26.1. The summed E-state index contributed by atoms with van der Waals surface area (Å²) in [5, 5.41) is 5.05. The summed E-state index contributed by atoms with van der Waals surface area (Å²) < 4.78 is 1.60. The summed E-state index contributed by atoms with van der Waals surface area (Å²) in [5.41, 5.74) is 2.04. The molecule has 1 fully saturated rings. The van der Waals surface area contributed by atoms with Gasteiger partial charge in [-0.05, 0) is 38.1 Å². The average Bonchev–Trinajstić information content (AvgIpc) is 2.87. The lowest BCUT2D eigenvalue weighted by molar-refractivity contribution is -0.122. The van der Waals surface area contributed by atoms with Crippen molar-refractivity contribution in [3.05, 3.63) is 45.7 Å². The van der Waals surface area contributed by atoms with Crippen molar-refractivity contribution in [2.45, 2.75) is 26.3 Å². The minimum atomic E-state index is -0.626. The van der Waals surface area contributed by atoms with Crippen LogP contribution < -0.4 is 4.90 Å². The maximum absolute atomic E-state index is 12.7.